The molecule has 1 atom stereocenters. The maximum atomic E-state index is 13.1. The maximum Gasteiger partial charge on any atom is 0.129 e. The lowest BCUT2D eigenvalue weighted by atomic mass is 9.96. The Kier molecular flexibility index (Phi) is 3.37. The van der Waals surface area contributed by atoms with Crippen LogP contribution in [-0.4, -0.2) is 6.54 Å². The molecule has 1 rings (SSSR count). The molecule has 3 heteroatoms. The van der Waals surface area contributed by atoms with Crippen LogP contribution < -0.4 is 5.73 Å². The zero-order valence-electron chi connectivity index (χ0n) is 7.56. The molecular formula is C10H13F2N. The number of rotatable bonds is 3. The van der Waals surface area contributed by atoms with Crippen LogP contribution in [0.5, 0.6) is 0 Å². The van der Waals surface area contributed by atoms with E-state index in [0.29, 0.717) is 12.1 Å². The van der Waals surface area contributed by atoms with Gasteiger partial charge in [-0.1, -0.05) is 19.1 Å². The molecule has 0 amide bonds. The molecule has 0 saturated carbocycles. The van der Waals surface area contributed by atoms with Crippen LogP contribution in [0.25, 0.3) is 0 Å². The number of benzene rings is 1. The lowest BCUT2D eigenvalue weighted by molar-refractivity contribution is 0.458. The number of alkyl halides is 1. The summed E-state index contributed by atoms with van der Waals surface area (Å²) in [5, 5.41) is 0. The van der Waals surface area contributed by atoms with Crippen LogP contribution in [0.15, 0.2) is 18.2 Å². The first-order valence-corrected chi connectivity index (χ1v) is 4.24. The van der Waals surface area contributed by atoms with Gasteiger partial charge in [0.2, 0.25) is 0 Å². The summed E-state index contributed by atoms with van der Waals surface area (Å²) >= 11 is 0. The Balaban J connectivity index is 3.12. The van der Waals surface area contributed by atoms with Crippen LogP contribution in [-0.2, 0) is 6.67 Å². The largest absolute Gasteiger partial charge is 0.330 e. The predicted octanol–water partition coefficient (Wildman–Crippen LogP) is 2.36. The fourth-order valence-corrected chi connectivity index (χ4v) is 1.30. The molecule has 1 unspecified atom stereocenters. The lowest BCUT2D eigenvalue weighted by Crippen LogP contribution is -2.11. The van der Waals surface area contributed by atoms with Crippen molar-refractivity contribution in [3.8, 4) is 0 Å². The van der Waals surface area contributed by atoms with Crippen LogP contribution in [0.2, 0.25) is 0 Å². The Bertz CT molecular complexity index is 286. The zero-order chi connectivity index (χ0) is 9.84. The topological polar surface area (TPSA) is 26.0 Å². The van der Waals surface area contributed by atoms with Gasteiger partial charge in [-0.25, -0.2) is 8.78 Å². The van der Waals surface area contributed by atoms with Gasteiger partial charge in [-0.05, 0) is 24.1 Å². The Hall–Kier alpha value is -0.960. The summed E-state index contributed by atoms with van der Waals surface area (Å²) in [5.74, 6) is -0.484. The van der Waals surface area contributed by atoms with Gasteiger partial charge in [-0.3, -0.25) is 0 Å². The van der Waals surface area contributed by atoms with Crippen LogP contribution in [0.1, 0.15) is 24.0 Å². The van der Waals surface area contributed by atoms with Crippen molar-refractivity contribution in [2.45, 2.75) is 19.5 Å². The first kappa shape index (κ1) is 10.1. The van der Waals surface area contributed by atoms with Gasteiger partial charge >= 0.3 is 0 Å². The van der Waals surface area contributed by atoms with Gasteiger partial charge in [-0.2, -0.15) is 0 Å². The summed E-state index contributed by atoms with van der Waals surface area (Å²) < 4.78 is 25.5. The van der Waals surface area contributed by atoms with Gasteiger partial charge in [0.1, 0.15) is 12.5 Å². The minimum atomic E-state index is -0.771. The van der Waals surface area contributed by atoms with Crippen LogP contribution in [0.3, 0.4) is 0 Å². The molecule has 0 saturated heterocycles. The second-order valence-corrected chi connectivity index (χ2v) is 3.08. The van der Waals surface area contributed by atoms with Crippen molar-refractivity contribution in [2.75, 3.05) is 6.54 Å². The van der Waals surface area contributed by atoms with Gasteiger partial charge in [0.25, 0.3) is 0 Å². The molecule has 0 aliphatic heterocycles. The molecule has 0 heterocycles. The molecule has 2 N–H and O–H groups in total. The highest BCUT2D eigenvalue weighted by molar-refractivity contribution is 5.31. The summed E-state index contributed by atoms with van der Waals surface area (Å²) in [6, 6.07) is 4.56. The minimum Gasteiger partial charge on any atom is -0.330 e. The number of hydrogen-bond acceptors (Lipinski definition) is 1. The summed E-state index contributed by atoms with van der Waals surface area (Å²) in [6.07, 6.45) is 0. The van der Waals surface area contributed by atoms with Crippen LogP contribution >= 0.6 is 0 Å². The van der Waals surface area contributed by atoms with Crippen molar-refractivity contribution in [3.63, 3.8) is 0 Å². The van der Waals surface area contributed by atoms with E-state index in [9.17, 15) is 8.78 Å². The van der Waals surface area contributed by atoms with E-state index in [1.165, 1.54) is 6.07 Å². The monoisotopic (exact) mass is 185 g/mol. The quantitative estimate of drug-likeness (QED) is 0.768. The van der Waals surface area contributed by atoms with E-state index >= 15 is 0 Å². The first-order chi connectivity index (χ1) is 6.20. The van der Waals surface area contributed by atoms with Crippen molar-refractivity contribution >= 4 is 0 Å². The summed E-state index contributed by atoms with van der Waals surface area (Å²) in [4.78, 5) is 0. The maximum absolute atomic E-state index is 13.1. The van der Waals surface area contributed by atoms with E-state index in [2.05, 4.69) is 0 Å². The highest BCUT2D eigenvalue weighted by atomic mass is 19.1. The fourth-order valence-electron chi connectivity index (χ4n) is 1.30. The average molecular weight is 185 g/mol. The average Bonchev–Trinajstić information content (AvgIpc) is 2.16. The summed E-state index contributed by atoms with van der Waals surface area (Å²) in [6.45, 7) is 1.48. The van der Waals surface area contributed by atoms with Crippen molar-refractivity contribution in [2.24, 2.45) is 5.73 Å². The molecule has 72 valence electrons. The third-order valence-corrected chi connectivity index (χ3v) is 2.17. The molecule has 0 radical (unpaired) electrons. The van der Waals surface area contributed by atoms with E-state index < -0.39 is 12.5 Å². The summed E-state index contributed by atoms with van der Waals surface area (Å²) in [7, 11) is 0. The molecule has 13 heavy (non-hydrogen) atoms. The second kappa shape index (κ2) is 4.33. The number of nitrogens with two attached hydrogens (primary N) is 1. The minimum absolute atomic E-state index is 0.00134. The third-order valence-electron chi connectivity index (χ3n) is 2.17. The van der Waals surface area contributed by atoms with E-state index in [1.807, 2.05) is 6.92 Å². The fraction of sp³-hybridized carbons (Fsp3) is 0.400. The normalized spacial score (nSPS) is 12.9. The molecule has 1 aromatic rings. The molecule has 0 bridgehead atoms. The Labute approximate surface area is 76.6 Å². The predicted molar refractivity (Wildman–Crippen MR) is 48.7 cm³/mol. The molecule has 1 aromatic carbocycles. The SMILES string of the molecule is CC(CN)c1cccc(F)c1CF. The third kappa shape index (κ3) is 2.04. The smallest absolute Gasteiger partial charge is 0.129 e. The van der Waals surface area contributed by atoms with E-state index in [4.69, 9.17) is 5.73 Å². The highest BCUT2D eigenvalue weighted by Gasteiger charge is 2.12. The van der Waals surface area contributed by atoms with Gasteiger partial charge in [0.05, 0.1) is 0 Å². The van der Waals surface area contributed by atoms with Crippen molar-refractivity contribution in [1.82, 2.24) is 0 Å². The van der Waals surface area contributed by atoms with Gasteiger partial charge in [-0.15, -0.1) is 0 Å². The standard InChI is InChI=1S/C10H13F2N/c1-7(6-13)8-3-2-4-10(12)9(8)5-11/h2-4,7H,5-6,13H2,1H3. The van der Waals surface area contributed by atoms with Crippen LogP contribution in [0, 0.1) is 5.82 Å². The van der Waals surface area contributed by atoms with Crippen molar-refractivity contribution in [3.05, 3.63) is 35.1 Å². The molecule has 0 spiro atoms. The van der Waals surface area contributed by atoms with Crippen LogP contribution in [0.4, 0.5) is 8.78 Å². The molecular weight excluding hydrogens is 172 g/mol. The molecule has 0 fully saturated rings. The Morgan fingerprint density at radius 3 is 2.69 bits per heavy atom. The molecule has 0 aliphatic rings. The molecule has 1 nitrogen and oxygen atoms in total. The highest BCUT2D eigenvalue weighted by Crippen LogP contribution is 2.22. The molecule has 0 aliphatic carbocycles. The Morgan fingerprint density at radius 1 is 1.46 bits per heavy atom. The molecule has 0 aromatic heterocycles. The lowest BCUT2D eigenvalue weighted by Gasteiger charge is -2.13. The van der Waals surface area contributed by atoms with E-state index in [-0.39, 0.29) is 11.5 Å². The summed E-state index contributed by atoms with van der Waals surface area (Å²) in [5.41, 5.74) is 6.24. The van der Waals surface area contributed by atoms with Crippen molar-refractivity contribution in [1.29, 1.82) is 0 Å². The van der Waals surface area contributed by atoms with Gasteiger partial charge in [0, 0.05) is 5.56 Å². The first-order valence-electron chi connectivity index (χ1n) is 4.24. The number of halogens is 2. The Morgan fingerprint density at radius 2 is 2.15 bits per heavy atom. The zero-order valence-corrected chi connectivity index (χ0v) is 7.56. The van der Waals surface area contributed by atoms with E-state index in [1.54, 1.807) is 12.1 Å². The van der Waals surface area contributed by atoms with E-state index in [0.717, 1.165) is 0 Å². The second-order valence-electron chi connectivity index (χ2n) is 3.08. The van der Waals surface area contributed by atoms with Crippen molar-refractivity contribution < 1.29 is 8.78 Å². The number of hydrogen-bond donors (Lipinski definition) is 1. The van der Waals surface area contributed by atoms with Gasteiger partial charge < -0.3 is 5.73 Å². The van der Waals surface area contributed by atoms with Gasteiger partial charge in [0.15, 0.2) is 0 Å².